The van der Waals surface area contributed by atoms with Crippen molar-refractivity contribution in [3.63, 3.8) is 0 Å². The van der Waals surface area contributed by atoms with Gasteiger partial charge in [-0.05, 0) is 26.7 Å². The van der Waals surface area contributed by atoms with E-state index in [-0.39, 0.29) is 5.69 Å². The SMILES string of the molecule is O=C(O)c1noc(-c2cccc3ccccc23)c1Br. The van der Waals surface area contributed by atoms with Crippen molar-refractivity contribution in [3.05, 3.63) is 52.6 Å². The predicted molar refractivity (Wildman–Crippen MR) is 74.1 cm³/mol. The van der Waals surface area contributed by atoms with E-state index in [0.29, 0.717) is 10.2 Å². The Morgan fingerprint density at radius 3 is 2.63 bits per heavy atom. The smallest absolute Gasteiger partial charge is 0.359 e. The highest BCUT2D eigenvalue weighted by atomic mass is 79.9. The van der Waals surface area contributed by atoms with Crippen LogP contribution in [0.3, 0.4) is 0 Å². The van der Waals surface area contributed by atoms with Crippen LogP contribution >= 0.6 is 15.9 Å². The van der Waals surface area contributed by atoms with Gasteiger partial charge in [-0.2, -0.15) is 0 Å². The minimum absolute atomic E-state index is 0.122. The molecule has 0 aliphatic rings. The molecule has 0 saturated carbocycles. The van der Waals surface area contributed by atoms with Crippen molar-refractivity contribution in [2.45, 2.75) is 0 Å². The van der Waals surface area contributed by atoms with Crippen molar-refractivity contribution < 1.29 is 14.4 Å². The van der Waals surface area contributed by atoms with Gasteiger partial charge in [0.15, 0.2) is 5.76 Å². The minimum Gasteiger partial charge on any atom is -0.476 e. The lowest BCUT2D eigenvalue weighted by atomic mass is 10.0. The number of fused-ring (bicyclic) bond motifs is 1. The van der Waals surface area contributed by atoms with Gasteiger partial charge >= 0.3 is 5.97 Å². The third kappa shape index (κ3) is 1.92. The van der Waals surface area contributed by atoms with Gasteiger partial charge in [0.2, 0.25) is 5.69 Å². The average molecular weight is 318 g/mol. The second-order valence-electron chi connectivity index (χ2n) is 4.01. The summed E-state index contributed by atoms with van der Waals surface area (Å²) in [6.07, 6.45) is 0. The number of carboxylic acids is 1. The zero-order valence-corrected chi connectivity index (χ0v) is 11.2. The molecule has 1 N–H and O–H groups in total. The Bertz CT molecular complexity index is 774. The number of aromatic carboxylic acids is 1. The maximum Gasteiger partial charge on any atom is 0.359 e. The summed E-state index contributed by atoms with van der Waals surface area (Å²) in [5.74, 6) is -0.698. The van der Waals surface area contributed by atoms with Crippen LogP contribution in [0.2, 0.25) is 0 Å². The summed E-state index contributed by atoms with van der Waals surface area (Å²) < 4.78 is 5.53. The summed E-state index contributed by atoms with van der Waals surface area (Å²) in [6.45, 7) is 0. The summed E-state index contributed by atoms with van der Waals surface area (Å²) >= 11 is 3.24. The van der Waals surface area contributed by atoms with E-state index in [4.69, 9.17) is 9.63 Å². The van der Waals surface area contributed by atoms with E-state index < -0.39 is 5.97 Å². The monoisotopic (exact) mass is 317 g/mol. The van der Waals surface area contributed by atoms with Gasteiger partial charge in [-0.1, -0.05) is 47.6 Å². The van der Waals surface area contributed by atoms with Gasteiger partial charge in [-0.15, -0.1) is 0 Å². The number of carboxylic acid groups (broad SMARTS) is 1. The Kier molecular flexibility index (Phi) is 2.83. The molecule has 0 atom stereocenters. The van der Waals surface area contributed by atoms with E-state index in [0.717, 1.165) is 16.3 Å². The van der Waals surface area contributed by atoms with E-state index >= 15 is 0 Å². The first-order chi connectivity index (χ1) is 9.18. The fourth-order valence-corrected chi connectivity index (χ4v) is 2.53. The molecule has 1 heterocycles. The number of rotatable bonds is 2. The zero-order chi connectivity index (χ0) is 13.4. The molecule has 5 heteroatoms. The standard InChI is InChI=1S/C14H8BrNO3/c15-11-12(14(17)18)16-19-13(11)10-7-3-5-8-4-1-2-6-9(8)10/h1-7H,(H,17,18). The largest absolute Gasteiger partial charge is 0.476 e. The maximum absolute atomic E-state index is 11.0. The van der Waals surface area contributed by atoms with Crippen molar-refractivity contribution in [2.75, 3.05) is 0 Å². The van der Waals surface area contributed by atoms with E-state index in [1.807, 2.05) is 42.5 Å². The molecule has 0 radical (unpaired) electrons. The minimum atomic E-state index is -1.12. The lowest BCUT2D eigenvalue weighted by Gasteiger charge is -2.03. The number of hydrogen-bond donors (Lipinski definition) is 1. The lowest BCUT2D eigenvalue weighted by molar-refractivity contribution is 0.0685. The number of aromatic nitrogens is 1. The van der Waals surface area contributed by atoms with Gasteiger partial charge in [0.1, 0.15) is 4.47 Å². The number of carbonyl (C=O) groups is 1. The normalized spacial score (nSPS) is 10.8. The molecule has 3 aromatic rings. The Labute approximate surface area is 116 Å². The molecule has 4 nitrogen and oxygen atoms in total. The molecule has 94 valence electrons. The topological polar surface area (TPSA) is 63.3 Å². The molecule has 0 spiro atoms. The van der Waals surface area contributed by atoms with Gasteiger partial charge < -0.3 is 9.63 Å². The Morgan fingerprint density at radius 1 is 1.16 bits per heavy atom. The van der Waals surface area contributed by atoms with Crippen molar-refractivity contribution in [1.29, 1.82) is 0 Å². The first-order valence-corrected chi connectivity index (χ1v) is 6.34. The van der Waals surface area contributed by atoms with Crippen LogP contribution in [-0.2, 0) is 0 Å². The van der Waals surface area contributed by atoms with Crippen LogP contribution in [0.1, 0.15) is 10.5 Å². The number of hydrogen-bond acceptors (Lipinski definition) is 3. The molecule has 0 amide bonds. The Balaban J connectivity index is 2.28. The molecular weight excluding hydrogens is 310 g/mol. The fourth-order valence-electron chi connectivity index (χ4n) is 2.00. The molecule has 2 aromatic carbocycles. The van der Waals surface area contributed by atoms with E-state index in [2.05, 4.69) is 21.1 Å². The second-order valence-corrected chi connectivity index (χ2v) is 4.80. The Morgan fingerprint density at radius 2 is 1.89 bits per heavy atom. The highest BCUT2D eigenvalue weighted by molar-refractivity contribution is 9.10. The number of nitrogens with zero attached hydrogens (tertiary/aromatic N) is 1. The van der Waals surface area contributed by atoms with Crippen LogP contribution in [-0.4, -0.2) is 16.2 Å². The van der Waals surface area contributed by atoms with Crippen LogP contribution in [0.15, 0.2) is 51.5 Å². The van der Waals surface area contributed by atoms with Crippen molar-refractivity contribution in [2.24, 2.45) is 0 Å². The van der Waals surface area contributed by atoms with Crippen LogP contribution in [0.5, 0.6) is 0 Å². The lowest BCUT2D eigenvalue weighted by Crippen LogP contribution is -1.96. The molecule has 0 aliphatic carbocycles. The van der Waals surface area contributed by atoms with Crippen LogP contribution in [0.25, 0.3) is 22.1 Å². The summed E-state index contributed by atoms with van der Waals surface area (Å²) in [4.78, 5) is 11.0. The van der Waals surface area contributed by atoms with Crippen LogP contribution < -0.4 is 0 Å². The van der Waals surface area contributed by atoms with E-state index in [1.165, 1.54) is 0 Å². The molecule has 0 unspecified atom stereocenters. The second kappa shape index (κ2) is 4.51. The van der Waals surface area contributed by atoms with Gasteiger partial charge in [0, 0.05) is 5.56 Å². The quantitative estimate of drug-likeness (QED) is 0.777. The zero-order valence-electron chi connectivity index (χ0n) is 9.63. The Hall–Kier alpha value is -2.14. The molecule has 3 rings (SSSR count). The van der Waals surface area contributed by atoms with E-state index in [9.17, 15) is 4.79 Å². The van der Waals surface area contributed by atoms with Gasteiger partial charge in [0.25, 0.3) is 0 Å². The summed E-state index contributed by atoms with van der Waals surface area (Å²) in [7, 11) is 0. The molecule has 1 aromatic heterocycles. The molecule has 0 saturated heterocycles. The molecule has 0 aliphatic heterocycles. The fraction of sp³-hybridized carbons (Fsp3) is 0. The highest BCUT2D eigenvalue weighted by Gasteiger charge is 2.21. The molecule has 0 bridgehead atoms. The highest BCUT2D eigenvalue weighted by Crippen LogP contribution is 2.35. The summed E-state index contributed by atoms with van der Waals surface area (Å²) in [5.41, 5.74) is 0.688. The first kappa shape index (κ1) is 11.9. The molecule has 19 heavy (non-hydrogen) atoms. The van der Waals surface area contributed by atoms with Crippen molar-refractivity contribution in [1.82, 2.24) is 5.16 Å². The third-order valence-corrected chi connectivity index (χ3v) is 3.61. The molecular formula is C14H8BrNO3. The van der Waals surface area contributed by atoms with Gasteiger partial charge in [-0.3, -0.25) is 0 Å². The molecule has 0 fully saturated rings. The maximum atomic E-state index is 11.0. The number of benzene rings is 2. The van der Waals surface area contributed by atoms with Crippen molar-refractivity contribution >= 4 is 32.7 Å². The van der Waals surface area contributed by atoms with Crippen LogP contribution in [0, 0.1) is 0 Å². The summed E-state index contributed by atoms with van der Waals surface area (Å²) in [5, 5.41) is 14.6. The van der Waals surface area contributed by atoms with Gasteiger partial charge in [0.05, 0.1) is 0 Å². The number of halogens is 1. The van der Waals surface area contributed by atoms with Crippen LogP contribution in [0.4, 0.5) is 0 Å². The predicted octanol–water partition coefficient (Wildman–Crippen LogP) is 3.96. The van der Waals surface area contributed by atoms with E-state index in [1.54, 1.807) is 0 Å². The third-order valence-electron chi connectivity index (χ3n) is 2.87. The van der Waals surface area contributed by atoms with Crippen molar-refractivity contribution in [3.8, 4) is 11.3 Å². The summed E-state index contributed by atoms with van der Waals surface area (Å²) in [6, 6.07) is 13.6. The van der Waals surface area contributed by atoms with Gasteiger partial charge in [-0.25, -0.2) is 4.79 Å². The average Bonchev–Trinajstić information content (AvgIpc) is 2.80. The first-order valence-electron chi connectivity index (χ1n) is 5.55.